The fraction of sp³-hybridized carbons (Fsp3) is 0.444. The summed E-state index contributed by atoms with van der Waals surface area (Å²) in [6.45, 7) is 8.95. The lowest BCUT2D eigenvalue weighted by Crippen LogP contribution is -2.27. The molecule has 2 rings (SSSR count). The van der Waals surface area contributed by atoms with E-state index in [0.717, 1.165) is 0 Å². The van der Waals surface area contributed by atoms with Crippen LogP contribution >= 0.6 is 7.29 Å². The summed E-state index contributed by atoms with van der Waals surface area (Å²) in [6.07, 6.45) is 0.535. The van der Waals surface area contributed by atoms with Gasteiger partial charge in [-0.2, -0.15) is 0 Å². The molecule has 8 nitrogen and oxygen atoms in total. The lowest BCUT2D eigenvalue weighted by atomic mass is 10.1. The van der Waals surface area contributed by atoms with E-state index >= 15 is 0 Å². The Labute approximate surface area is 213 Å². The van der Waals surface area contributed by atoms with E-state index in [1.807, 2.05) is 0 Å². The smallest absolute Gasteiger partial charge is 0.307 e. The number of esters is 1. The van der Waals surface area contributed by atoms with Crippen molar-refractivity contribution >= 4 is 24.8 Å². The average molecular weight is 518 g/mol. The largest absolute Gasteiger partial charge is 0.493 e. The van der Waals surface area contributed by atoms with Crippen LogP contribution in [0.25, 0.3) is 0 Å². The highest BCUT2D eigenvalue weighted by Gasteiger charge is 2.23. The summed E-state index contributed by atoms with van der Waals surface area (Å²) in [7, 11) is -2.97. The molecular formula is C27H36NO7P. The predicted molar refractivity (Wildman–Crippen MR) is 140 cm³/mol. The lowest BCUT2D eigenvalue weighted by Gasteiger charge is -2.22. The van der Waals surface area contributed by atoms with Crippen LogP contribution in [0, 0.1) is 0 Å². The van der Waals surface area contributed by atoms with Crippen molar-refractivity contribution in [1.29, 1.82) is 0 Å². The molecule has 0 atom stereocenters. The van der Waals surface area contributed by atoms with Crippen molar-refractivity contribution in [2.45, 2.75) is 46.6 Å². The zero-order valence-electron chi connectivity index (χ0n) is 21.7. The summed E-state index contributed by atoms with van der Waals surface area (Å²) in [5.74, 6) is 0.710. The Bertz CT molecular complexity index is 1010. The minimum atomic E-state index is -2.97. The number of benzene rings is 2. The van der Waals surface area contributed by atoms with E-state index in [2.05, 4.69) is 5.09 Å². The molecule has 0 amide bonds. The quantitative estimate of drug-likeness (QED) is 0.208. The molecular weight excluding hydrogens is 481 g/mol. The monoisotopic (exact) mass is 517 g/mol. The van der Waals surface area contributed by atoms with Crippen molar-refractivity contribution in [1.82, 2.24) is 5.09 Å². The second-order valence-electron chi connectivity index (χ2n) is 9.44. The van der Waals surface area contributed by atoms with Gasteiger partial charge in [0.15, 0.2) is 18.9 Å². The van der Waals surface area contributed by atoms with Crippen LogP contribution in [0.3, 0.4) is 0 Å². The molecule has 0 spiro atoms. The van der Waals surface area contributed by atoms with E-state index in [9.17, 15) is 18.9 Å². The minimum absolute atomic E-state index is 0.0313. The summed E-state index contributed by atoms with van der Waals surface area (Å²) in [4.78, 5) is 34.9. The Morgan fingerprint density at radius 2 is 1.19 bits per heavy atom. The number of hydrogen-bond donors (Lipinski definition) is 1. The number of ketones is 2. The molecule has 9 heteroatoms. The Balaban J connectivity index is 1.95. The molecule has 0 aliphatic carbocycles. The summed E-state index contributed by atoms with van der Waals surface area (Å²) in [6, 6.07) is 13.5. The van der Waals surface area contributed by atoms with E-state index < -0.39 is 12.9 Å². The van der Waals surface area contributed by atoms with Gasteiger partial charge in [-0.1, -0.05) is 0 Å². The highest BCUT2D eigenvalue weighted by atomic mass is 31.2. The van der Waals surface area contributed by atoms with E-state index in [0.29, 0.717) is 22.6 Å². The molecule has 0 aromatic heterocycles. The average Bonchev–Trinajstić information content (AvgIpc) is 2.78. The zero-order valence-corrected chi connectivity index (χ0v) is 22.6. The predicted octanol–water partition coefficient (Wildman–Crippen LogP) is 5.15. The van der Waals surface area contributed by atoms with Gasteiger partial charge in [0.05, 0.1) is 19.6 Å². The molecule has 0 aliphatic rings. The van der Waals surface area contributed by atoms with Gasteiger partial charge in [-0.05, 0) is 83.1 Å². The molecule has 36 heavy (non-hydrogen) atoms. The van der Waals surface area contributed by atoms with Crippen LogP contribution in [-0.2, 0) is 14.1 Å². The molecule has 0 bridgehead atoms. The third-order valence-corrected chi connectivity index (χ3v) is 7.72. The van der Waals surface area contributed by atoms with Crippen LogP contribution in [0.5, 0.6) is 11.5 Å². The topological polar surface area (TPSA) is 108 Å². The summed E-state index contributed by atoms with van der Waals surface area (Å²) >= 11 is 0. The van der Waals surface area contributed by atoms with Gasteiger partial charge in [0.2, 0.25) is 0 Å². The number of nitrogens with one attached hydrogen (secondary N) is 1. The summed E-state index contributed by atoms with van der Waals surface area (Å²) in [5, 5.41) is 3.04. The van der Waals surface area contributed by atoms with Crippen LogP contribution in [0.2, 0.25) is 0 Å². The maximum atomic E-state index is 13.6. The molecule has 2 aromatic carbocycles. The first-order valence-electron chi connectivity index (χ1n) is 11.9. The SMILES string of the molecule is CC(=O)c1ccc(OCCP(=O)(CCOc2ccc(C(C)=O)cc2)NCCC(=O)OC(C)(C)C)cc1. The highest BCUT2D eigenvalue weighted by molar-refractivity contribution is 7.61. The van der Waals surface area contributed by atoms with Gasteiger partial charge in [-0.3, -0.25) is 19.5 Å². The van der Waals surface area contributed by atoms with Gasteiger partial charge in [-0.25, -0.2) is 0 Å². The fourth-order valence-electron chi connectivity index (χ4n) is 3.22. The Morgan fingerprint density at radius 3 is 1.56 bits per heavy atom. The van der Waals surface area contributed by atoms with Gasteiger partial charge in [0, 0.05) is 30.0 Å². The Kier molecular flexibility index (Phi) is 10.9. The maximum Gasteiger partial charge on any atom is 0.307 e. The van der Waals surface area contributed by atoms with Crippen LogP contribution in [0.4, 0.5) is 0 Å². The normalized spacial score (nSPS) is 11.6. The number of carbonyl (C=O) groups excluding carboxylic acids is 3. The molecule has 0 saturated heterocycles. The van der Waals surface area contributed by atoms with Crippen molar-refractivity contribution in [3.63, 3.8) is 0 Å². The standard InChI is InChI=1S/C27H36NO7P/c1-20(29)22-6-10-24(11-7-22)33-16-18-36(32,28-15-14-26(31)35-27(3,4)5)19-17-34-25-12-8-23(9-13-25)21(2)30/h6-13H,14-19H2,1-5H3,(H,28,32). The van der Waals surface area contributed by atoms with Crippen molar-refractivity contribution in [2.24, 2.45) is 0 Å². The first-order chi connectivity index (χ1) is 16.9. The summed E-state index contributed by atoms with van der Waals surface area (Å²) in [5.41, 5.74) is 0.592. The second-order valence-corrected chi connectivity index (χ2v) is 12.4. The number of Topliss-reactive ketones (excluding diaryl/α,β-unsaturated/α-hetero) is 2. The van der Waals surface area contributed by atoms with Crippen LogP contribution < -0.4 is 14.6 Å². The van der Waals surface area contributed by atoms with Gasteiger partial charge in [0.1, 0.15) is 17.1 Å². The van der Waals surface area contributed by atoms with E-state index in [-0.39, 0.29) is 56.0 Å². The first kappa shape index (κ1) is 29.3. The van der Waals surface area contributed by atoms with Crippen molar-refractivity contribution < 1.29 is 33.2 Å². The zero-order chi connectivity index (χ0) is 26.8. The Hall–Kier alpha value is -2.96. The third-order valence-electron chi connectivity index (χ3n) is 5.11. The van der Waals surface area contributed by atoms with Crippen molar-refractivity contribution in [3.05, 3.63) is 59.7 Å². The van der Waals surface area contributed by atoms with E-state index in [4.69, 9.17) is 14.2 Å². The number of ether oxygens (including phenoxy) is 3. The maximum absolute atomic E-state index is 13.6. The summed E-state index contributed by atoms with van der Waals surface area (Å²) < 4.78 is 30.4. The third kappa shape index (κ3) is 10.8. The molecule has 0 heterocycles. The molecule has 0 aliphatic heterocycles. The minimum Gasteiger partial charge on any atom is -0.493 e. The molecule has 1 N–H and O–H groups in total. The van der Waals surface area contributed by atoms with Crippen LogP contribution in [0.15, 0.2) is 48.5 Å². The van der Waals surface area contributed by atoms with Gasteiger partial charge >= 0.3 is 5.97 Å². The molecule has 0 saturated carbocycles. The molecule has 196 valence electrons. The number of rotatable bonds is 14. The lowest BCUT2D eigenvalue weighted by molar-refractivity contribution is -0.154. The second kappa shape index (κ2) is 13.4. The molecule has 0 radical (unpaired) electrons. The Morgan fingerprint density at radius 1 is 0.778 bits per heavy atom. The van der Waals surface area contributed by atoms with Crippen LogP contribution in [-0.4, -0.2) is 55.2 Å². The molecule has 0 unspecified atom stereocenters. The number of carbonyl (C=O) groups is 3. The van der Waals surface area contributed by atoms with Crippen molar-refractivity contribution in [2.75, 3.05) is 32.1 Å². The highest BCUT2D eigenvalue weighted by Crippen LogP contribution is 2.40. The molecule has 0 fully saturated rings. The molecule has 2 aromatic rings. The van der Waals surface area contributed by atoms with Crippen LogP contribution in [0.1, 0.15) is 61.8 Å². The fourth-order valence-corrected chi connectivity index (χ4v) is 5.05. The van der Waals surface area contributed by atoms with Gasteiger partial charge in [-0.15, -0.1) is 0 Å². The first-order valence-corrected chi connectivity index (χ1v) is 14.0. The van der Waals surface area contributed by atoms with Gasteiger partial charge < -0.3 is 18.8 Å². The number of hydrogen-bond acceptors (Lipinski definition) is 7. The van der Waals surface area contributed by atoms with E-state index in [1.165, 1.54) is 13.8 Å². The van der Waals surface area contributed by atoms with Gasteiger partial charge in [0.25, 0.3) is 0 Å². The van der Waals surface area contributed by atoms with E-state index in [1.54, 1.807) is 69.3 Å². The van der Waals surface area contributed by atoms with Crippen molar-refractivity contribution in [3.8, 4) is 11.5 Å².